The average molecular weight is 483 g/mol. The van der Waals surface area contributed by atoms with Crippen molar-refractivity contribution in [1.29, 1.82) is 0 Å². The van der Waals surface area contributed by atoms with Crippen LogP contribution in [0.3, 0.4) is 0 Å². The SMILES string of the molecule is CSc1ncc(-n2c(-c3ccc(Br)cc3)csc2=NC(=O)c2ccccc2)cn1. The molecule has 0 radical (unpaired) electrons. The number of aromatic nitrogens is 3. The van der Waals surface area contributed by atoms with E-state index in [0.717, 1.165) is 21.4 Å². The fourth-order valence-electron chi connectivity index (χ4n) is 2.72. The Labute approximate surface area is 184 Å². The van der Waals surface area contributed by atoms with Gasteiger partial charge in [0, 0.05) is 15.4 Å². The number of hydrogen-bond acceptors (Lipinski definition) is 5. The molecule has 0 fully saturated rings. The van der Waals surface area contributed by atoms with Crippen molar-refractivity contribution in [2.75, 3.05) is 6.26 Å². The van der Waals surface area contributed by atoms with E-state index in [2.05, 4.69) is 30.9 Å². The van der Waals surface area contributed by atoms with E-state index in [4.69, 9.17) is 0 Å². The molecule has 1 amide bonds. The molecule has 2 aromatic heterocycles. The Morgan fingerprint density at radius 2 is 1.76 bits per heavy atom. The van der Waals surface area contributed by atoms with Crippen LogP contribution in [0.5, 0.6) is 0 Å². The van der Waals surface area contributed by atoms with E-state index in [9.17, 15) is 4.79 Å². The second-order valence-electron chi connectivity index (χ2n) is 5.96. The predicted molar refractivity (Wildman–Crippen MR) is 120 cm³/mol. The van der Waals surface area contributed by atoms with Crippen molar-refractivity contribution in [1.82, 2.24) is 14.5 Å². The number of nitrogens with zero attached hydrogens (tertiary/aromatic N) is 4. The molecule has 0 aliphatic carbocycles. The zero-order valence-corrected chi connectivity index (χ0v) is 18.5. The number of thiazole rings is 1. The lowest BCUT2D eigenvalue weighted by Gasteiger charge is -2.09. The fourth-order valence-corrected chi connectivity index (χ4v) is 4.21. The van der Waals surface area contributed by atoms with Crippen LogP contribution in [0.1, 0.15) is 10.4 Å². The van der Waals surface area contributed by atoms with Crippen molar-refractivity contribution in [3.8, 4) is 16.9 Å². The van der Waals surface area contributed by atoms with E-state index >= 15 is 0 Å². The summed E-state index contributed by atoms with van der Waals surface area (Å²) >= 11 is 6.35. The Morgan fingerprint density at radius 3 is 2.41 bits per heavy atom. The largest absolute Gasteiger partial charge is 0.282 e. The van der Waals surface area contributed by atoms with Crippen molar-refractivity contribution in [3.63, 3.8) is 0 Å². The molecule has 0 aliphatic heterocycles. The van der Waals surface area contributed by atoms with Gasteiger partial charge in [0.2, 0.25) is 0 Å². The first-order valence-electron chi connectivity index (χ1n) is 8.63. The molecule has 0 saturated heterocycles. The van der Waals surface area contributed by atoms with Crippen molar-refractivity contribution in [2.24, 2.45) is 4.99 Å². The molecule has 2 aromatic carbocycles. The first-order chi connectivity index (χ1) is 14.2. The molecule has 5 nitrogen and oxygen atoms in total. The topological polar surface area (TPSA) is 60.1 Å². The van der Waals surface area contributed by atoms with Crippen molar-refractivity contribution in [2.45, 2.75) is 5.16 Å². The Morgan fingerprint density at radius 1 is 1.07 bits per heavy atom. The van der Waals surface area contributed by atoms with Gasteiger partial charge in [-0.1, -0.05) is 58.0 Å². The van der Waals surface area contributed by atoms with Gasteiger partial charge in [-0.25, -0.2) is 9.97 Å². The Kier molecular flexibility index (Phi) is 6.03. The number of hydrogen-bond donors (Lipinski definition) is 0. The van der Waals surface area contributed by atoms with E-state index in [1.54, 1.807) is 24.5 Å². The fraction of sp³-hybridized carbons (Fsp3) is 0.0476. The number of amides is 1. The average Bonchev–Trinajstić information content (AvgIpc) is 3.18. The summed E-state index contributed by atoms with van der Waals surface area (Å²) in [5.41, 5.74) is 3.22. The minimum absolute atomic E-state index is 0.287. The highest BCUT2D eigenvalue weighted by Gasteiger charge is 2.13. The van der Waals surface area contributed by atoms with Crippen molar-refractivity contribution in [3.05, 3.63) is 87.2 Å². The highest BCUT2D eigenvalue weighted by molar-refractivity contribution is 9.10. The van der Waals surface area contributed by atoms with Gasteiger partial charge in [-0.05, 0) is 36.1 Å². The molecule has 2 heterocycles. The van der Waals surface area contributed by atoms with Gasteiger partial charge in [-0.15, -0.1) is 11.3 Å². The zero-order chi connectivity index (χ0) is 20.2. The van der Waals surface area contributed by atoms with Crippen LogP contribution in [0.15, 0.2) is 87.0 Å². The summed E-state index contributed by atoms with van der Waals surface area (Å²) in [5, 5.41) is 2.68. The Bertz CT molecular complexity index is 1200. The maximum atomic E-state index is 12.7. The highest BCUT2D eigenvalue weighted by Crippen LogP contribution is 2.25. The predicted octanol–water partition coefficient (Wildman–Crippen LogP) is 5.22. The minimum atomic E-state index is -0.287. The van der Waals surface area contributed by atoms with Gasteiger partial charge in [0.1, 0.15) is 0 Å². The molecule has 0 N–H and O–H groups in total. The van der Waals surface area contributed by atoms with E-state index in [0.29, 0.717) is 15.5 Å². The molecular formula is C21H15BrN4OS2. The number of carbonyl (C=O) groups is 1. The van der Waals surface area contributed by atoms with Crippen LogP contribution in [0.25, 0.3) is 16.9 Å². The van der Waals surface area contributed by atoms with Gasteiger partial charge in [0.25, 0.3) is 5.91 Å². The summed E-state index contributed by atoms with van der Waals surface area (Å²) in [4.78, 5) is 26.4. The normalized spacial score (nSPS) is 11.6. The standard InChI is InChI=1S/C21H15BrN4OS2/c1-28-20-23-11-17(12-24-20)26-18(14-7-9-16(22)10-8-14)13-29-21(26)25-19(27)15-5-3-2-4-6-15/h2-13H,1H3. The number of benzene rings is 2. The highest BCUT2D eigenvalue weighted by atomic mass is 79.9. The molecule has 144 valence electrons. The lowest BCUT2D eigenvalue weighted by Crippen LogP contribution is -2.17. The number of rotatable bonds is 4. The van der Waals surface area contributed by atoms with E-state index in [-0.39, 0.29) is 5.91 Å². The molecule has 4 aromatic rings. The lowest BCUT2D eigenvalue weighted by atomic mass is 10.2. The third-order valence-electron chi connectivity index (χ3n) is 4.12. The van der Waals surface area contributed by atoms with E-state index in [1.807, 2.05) is 58.7 Å². The zero-order valence-electron chi connectivity index (χ0n) is 15.3. The summed E-state index contributed by atoms with van der Waals surface area (Å²) in [6.45, 7) is 0. The van der Waals surface area contributed by atoms with Gasteiger partial charge in [0.05, 0.1) is 23.8 Å². The number of carbonyl (C=O) groups excluding carboxylic acids is 1. The second-order valence-corrected chi connectivity index (χ2v) is 8.48. The first-order valence-corrected chi connectivity index (χ1v) is 11.5. The number of halogens is 1. The maximum absolute atomic E-state index is 12.7. The van der Waals surface area contributed by atoms with Crippen LogP contribution < -0.4 is 4.80 Å². The van der Waals surface area contributed by atoms with E-state index < -0.39 is 0 Å². The molecule has 0 spiro atoms. The summed E-state index contributed by atoms with van der Waals surface area (Å²) in [7, 11) is 0. The molecule has 4 rings (SSSR count). The van der Waals surface area contributed by atoms with Gasteiger partial charge in [0.15, 0.2) is 9.96 Å². The van der Waals surface area contributed by atoms with Crippen molar-refractivity contribution < 1.29 is 4.79 Å². The number of thioether (sulfide) groups is 1. The minimum Gasteiger partial charge on any atom is -0.282 e. The van der Waals surface area contributed by atoms with Gasteiger partial charge in [-0.2, -0.15) is 4.99 Å². The van der Waals surface area contributed by atoms with Crippen LogP contribution >= 0.6 is 39.0 Å². The molecule has 0 atom stereocenters. The van der Waals surface area contributed by atoms with Gasteiger partial charge in [-0.3, -0.25) is 9.36 Å². The summed E-state index contributed by atoms with van der Waals surface area (Å²) in [6.07, 6.45) is 5.43. The third kappa shape index (κ3) is 4.39. The molecule has 0 aliphatic rings. The second kappa shape index (κ2) is 8.86. The molecule has 0 saturated carbocycles. The summed E-state index contributed by atoms with van der Waals surface area (Å²) in [5.74, 6) is -0.287. The Balaban J connectivity index is 1.88. The summed E-state index contributed by atoms with van der Waals surface area (Å²) < 4.78 is 2.92. The van der Waals surface area contributed by atoms with E-state index in [1.165, 1.54) is 23.1 Å². The van der Waals surface area contributed by atoms with Gasteiger partial charge < -0.3 is 0 Å². The van der Waals surface area contributed by atoms with Crippen LogP contribution in [0.2, 0.25) is 0 Å². The van der Waals surface area contributed by atoms with Crippen LogP contribution in [-0.4, -0.2) is 26.7 Å². The van der Waals surface area contributed by atoms with Crippen LogP contribution in [0, 0.1) is 0 Å². The molecule has 0 bridgehead atoms. The van der Waals surface area contributed by atoms with Crippen LogP contribution in [0.4, 0.5) is 0 Å². The molecule has 29 heavy (non-hydrogen) atoms. The molecule has 8 heteroatoms. The van der Waals surface area contributed by atoms with Crippen LogP contribution in [-0.2, 0) is 0 Å². The smallest absolute Gasteiger partial charge is 0.279 e. The summed E-state index contributed by atoms with van der Waals surface area (Å²) in [6, 6.07) is 17.0. The van der Waals surface area contributed by atoms with Crippen molar-refractivity contribution >= 4 is 44.9 Å². The monoisotopic (exact) mass is 482 g/mol. The molecular weight excluding hydrogens is 468 g/mol. The first kappa shape index (κ1) is 19.8. The lowest BCUT2D eigenvalue weighted by molar-refractivity contribution is 0.0998. The maximum Gasteiger partial charge on any atom is 0.279 e. The Hall–Kier alpha value is -2.55. The quantitative estimate of drug-likeness (QED) is 0.295. The molecule has 0 unspecified atom stereocenters. The van der Waals surface area contributed by atoms with Gasteiger partial charge >= 0.3 is 0 Å². The third-order valence-corrected chi connectivity index (χ3v) is 6.05.